The molecule has 0 radical (unpaired) electrons. The molecule has 1 N–H and O–H groups in total. The van der Waals surface area contributed by atoms with E-state index in [9.17, 15) is 22.4 Å². The van der Waals surface area contributed by atoms with Gasteiger partial charge in [0.25, 0.3) is 5.91 Å². The van der Waals surface area contributed by atoms with Crippen molar-refractivity contribution >= 4 is 5.91 Å². The highest BCUT2D eigenvalue weighted by Crippen LogP contribution is 2.34. The maximum atomic E-state index is 14.2. The third kappa shape index (κ3) is 3.99. The fourth-order valence-electron chi connectivity index (χ4n) is 3.58. The maximum absolute atomic E-state index is 14.2. The number of aromatic nitrogens is 3. The Bertz CT molecular complexity index is 1230. The Balaban J connectivity index is 1.61. The number of alkyl halides is 3. The van der Waals surface area contributed by atoms with Crippen LogP contribution in [0, 0.1) is 24.1 Å². The van der Waals surface area contributed by atoms with Gasteiger partial charge in [0.2, 0.25) is 0 Å². The van der Waals surface area contributed by atoms with E-state index in [4.69, 9.17) is 5.26 Å². The second kappa shape index (κ2) is 7.50. The van der Waals surface area contributed by atoms with Gasteiger partial charge in [-0.1, -0.05) is 0 Å². The molecule has 1 aliphatic heterocycles. The van der Waals surface area contributed by atoms with Crippen LogP contribution < -0.4 is 5.32 Å². The molecule has 10 heteroatoms. The molecular formula is C21H15F4N5O. The molecule has 0 aliphatic carbocycles. The van der Waals surface area contributed by atoms with E-state index in [1.165, 1.54) is 16.8 Å². The highest BCUT2D eigenvalue weighted by Gasteiger charge is 2.34. The summed E-state index contributed by atoms with van der Waals surface area (Å²) >= 11 is 0. The summed E-state index contributed by atoms with van der Waals surface area (Å²) in [6.07, 6.45) is -3.66. The number of nitriles is 1. The van der Waals surface area contributed by atoms with E-state index < -0.39 is 29.6 Å². The molecule has 0 fully saturated rings. The highest BCUT2D eigenvalue weighted by molar-refractivity contribution is 5.95. The minimum absolute atomic E-state index is 0.0293. The molecule has 0 unspecified atom stereocenters. The van der Waals surface area contributed by atoms with Crippen molar-refractivity contribution in [2.45, 2.75) is 32.1 Å². The van der Waals surface area contributed by atoms with Gasteiger partial charge < -0.3 is 5.32 Å². The smallest absolute Gasteiger partial charge is 0.344 e. The second-order valence-corrected chi connectivity index (χ2v) is 7.24. The van der Waals surface area contributed by atoms with Gasteiger partial charge in [0.15, 0.2) is 5.82 Å². The van der Waals surface area contributed by atoms with E-state index in [0.717, 1.165) is 5.56 Å². The summed E-state index contributed by atoms with van der Waals surface area (Å²) in [5.41, 5.74) is 0.503. The van der Waals surface area contributed by atoms with Crippen LogP contribution in [0.1, 0.15) is 45.3 Å². The Labute approximate surface area is 174 Å². The molecule has 1 atom stereocenters. The van der Waals surface area contributed by atoms with Crippen LogP contribution in [0.5, 0.6) is 0 Å². The zero-order valence-electron chi connectivity index (χ0n) is 16.2. The van der Waals surface area contributed by atoms with Crippen LogP contribution in [0.2, 0.25) is 0 Å². The quantitative estimate of drug-likeness (QED) is 0.634. The fourth-order valence-corrected chi connectivity index (χ4v) is 3.58. The normalized spacial score (nSPS) is 15.4. The van der Waals surface area contributed by atoms with Crippen molar-refractivity contribution in [3.63, 3.8) is 0 Å². The predicted molar refractivity (Wildman–Crippen MR) is 101 cm³/mol. The van der Waals surface area contributed by atoms with Gasteiger partial charge in [-0.3, -0.25) is 9.48 Å². The lowest BCUT2D eigenvalue weighted by molar-refractivity contribution is -0.141. The number of carbonyl (C=O) groups excluding carboxylic acids is 1. The Morgan fingerprint density at radius 1 is 1.26 bits per heavy atom. The van der Waals surface area contributed by atoms with Gasteiger partial charge in [-0.25, -0.2) is 9.37 Å². The monoisotopic (exact) mass is 429 g/mol. The second-order valence-electron chi connectivity index (χ2n) is 7.24. The number of rotatable bonds is 3. The first-order valence-corrected chi connectivity index (χ1v) is 9.29. The molecule has 2 aromatic heterocycles. The summed E-state index contributed by atoms with van der Waals surface area (Å²) in [6, 6.07) is 8.42. The number of nitrogens with zero attached hydrogens (tertiary/aromatic N) is 4. The van der Waals surface area contributed by atoms with E-state index in [1.54, 1.807) is 19.1 Å². The molecule has 31 heavy (non-hydrogen) atoms. The molecule has 6 nitrogen and oxygen atoms in total. The number of amides is 1. The molecule has 0 saturated heterocycles. The van der Waals surface area contributed by atoms with Crippen LogP contribution in [0.4, 0.5) is 17.6 Å². The van der Waals surface area contributed by atoms with Crippen molar-refractivity contribution in [3.8, 4) is 17.3 Å². The van der Waals surface area contributed by atoms with Gasteiger partial charge in [0, 0.05) is 17.7 Å². The average Bonchev–Trinajstić information content (AvgIpc) is 3.28. The first-order chi connectivity index (χ1) is 14.7. The number of hydrogen-bond acceptors (Lipinski definition) is 4. The van der Waals surface area contributed by atoms with Crippen LogP contribution in [-0.2, 0) is 12.7 Å². The molecular weight excluding hydrogens is 414 g/mol. The lowest BCUT2D eigenvalue weighted by Crippen LogP contribution is -2.27. The molecule has 0 saturated carbocycles. The SMILES string of the molecule is Cc1cc(C#N)cc(C(=O)N[C@@H]2CCn3nc(-c4cc(C(F)(F)F)ncc4F)cc32)c1. The number of fused-ring (bicyclic) bond motifs is 1. The Morgan fingerprint density at radius 3 is 2.74 bits per heavy atom. The van der Waals surface area contributed by atoms with Crippen molar-refractivity contribution in [2.24, 2.45) is 0 Å². The van der Waals surface area contributed by atoms with E-state index in [-0.39, 0.29) is 11.3 Å². The lowest BCUT2D eigenvalue weighted by Gasteiger charge is -2.12. The van der Waals surface area contributed by atoms with Crippen molar-refractivity contribution in [1.29, 1.82) is 5.26 Å². The van der Waals surface area contributed by atoms with Crippen molar-refractivity contribution < 1.29 is 22.4 Å². The third-order valence-electron chi connectivity index (χ3n) is 4.99. The fraction of sp³-hybridized carbons (Fsp3) is 0.238. The minimum Gasteiger partial charge on any atom is -0.344 e. The summed E-state index contributed by atoms with van der Waals surface area (Å²) in [5.74, 6) is -1.31. The van der Waals surface area contributed by atoms with Gasteiger partial charge in [0.05, 0.1) is 35.3 Å². The maximum Gasteiger partial charge on any atom is 0.433 e. The Kier molecular flexibility index (Phi) is 4.97. The number of nitrogens with one attached hydrogen (secondary N) is 1. The molecule has 3 heterocycles. The van der Waals surface area contributed by atoms with Crippen LogP contribution >= 0.6 is 0 Å². The molecule has 1 amide bonds. The number of carbonyl (C=O) groups is 1. The first-order valence-electron chi connectivity index (χ1n) is 9.29. The highest BCUT2D eigenvalue weighted by atomic mass is 19.4. The van der Waals surface area contributed by atoms with Crippen LogP contribution in [-0.4, -0.2) is 20.7 Å². The van der Waals surface area contributed by atoms with Gasteiger partial charge in [-0.2, -0.15) is 23.5 Å². The van der Waals surface area contributed by atoms with Gasteiger partial charge >= 0.3 is 6.18 Å². The van der Waals surface area contributed by atoms with Crippen LogP contribution in [0.15, 0.2) is 36.5 Å². The Hall–Kier alpha value is -3.74. The summed E-state index contributed by atoms with van der Waals surface area (Å²) in [6.45, 7) is 2.18. The zero-order valence-corrected chi connectivity index (χ0v) is 16.2. The average molecular weight is 429 g/mol. The summed E-state index contributed by atoms with van der Waals surface area (Å²) in [7, 11) is 0. The van der Waals surface area contributed by atoms with E-state index in [2.05, 4.69) is 15.4 Å². The largest absolute Gasteiger partial charge is 0.433 e. The molecule has 0 bridgehead atoms. The zero-order chi connectivity index (χ0) is 22.3. The summed E-state index contributed by atoms with van der Waals surface area (Å²) < 4.78 is 54.5. The molecule has 0 spiro atoms. The van der Waals surface area contributed by atoms with Gasteiger partial charge in [0.1, 0.15) is 5.69 Å². The molecule has 3 aromatic rings. The van der Waals surface area contributed by atoms with Crippen molar-refractivity contribution in [2.75, 3.05) is 0 Å². The number of benzene rings is 1. The van der Waals surface area contributed by atoms with Crippen molar-refractivity contribution in [3.05, 3.63) is 70.4 Å². The predicted octanol–water partition coefficient (Wildman–Crippen LogP) is 4.16. The Morgan fingerprint density at radius 2 is 2.03 bits per heavy atom. The molecule has 158 valence electrons. The topological polar surface area (TPSA) is 83.6 Å². The number of aryl methyl sites for hydroxylation is 2. The molecule has 4 rings (SSSR count). The van der Waals surface area contributed by atoms with Gasteiger partial charge in [-0.05, 0) is 49.2 Å². The third-order valence-corrected chi connectivity index (χ3v) is 4.99. The lowest BCUT2D eigenvalue weighted by atomic mass is 10.1. The van der Waals surface area contributed by atoms with Gasteiger partial charge in [-0.15, -0.1) is 0 Å². The summed E-state index contributed by atoms with van der Waals surface area (Å²) in [4.78, 5) is 15.8. The number of halogens is 4. The van der Waals surface area contributed by atoms with E-state index in [1.807, 2.05) is 6.07 Å². The number of pyridine rings is 1. The number of hydrogen-bond donors (Lipinski definition) is 1. The first kappa shape index (κ1) is 20.5. The molecule has 1 aliphatic rings. The van der Waals surface area contributed by atoms with Crippen LogP contribution in [0.25, 0.3) is 11.3 Å². The van der Waals surface area contributed by atoms with Crippen LogP contribution in [0.3, 0.4) is 0 Å². The minimum atomic E-state index is -4.71. The molecule has 1 aromatic carbocycles. The summed E-state index contributed by atoms with van der Waals surface area (Å²) in [5, 5.41) is 16.1. The van der Waals surface area contributed by atoms with Crippen molar-refractivity contribution in [1.82, 2.24) is 20.1 Å². The van der Waals surface area contributed by atoms with E-state index >= 15 is 0 Å². The van der Waals surface area contributed by atoms with E-state index in [0.29, 0.717) is 42.0 Å². The standard InChI is InChI=1S/C21H15F4N5O/c1-11-4-12(9-26)6-13(5-11)20(31)28-16-2-3-30-18(16)8-17(29-30)14-7-19(21(23,24)25)27-10-15(14)22/h4-8,10,16H,2-3H2,1H3,(H,28,31)/t16-/m1/s1.